The maximum atomic E-state index is 12.9. The summed E-state index contributed by atoms with van der Waals surface area (Å²) < 4.78 is 77.6. The number of alkyl halides is 6. The average Bonchev–Trinajstić information content (AvgIpc) is 2.60. The largest absolute Gasteiger partial charge is 0.416 e. The highest BCUT2D eigenvalue weighted by Crippen LogP contribution is 2.38. The van der Waals surface area contributed by atoms with Gasteiger partial charge in [-0.3, -0.25) is 9.59 Å². The third-order valence-electron chi connectivity index (χ3n) is 4.02. The summed E-state index contributed by atoms with van der Waals surface area (Å²) in [6.07, 6.45) is -10.0. The molecule has 2 N–H and O–H groups in total. The van der Waals surface area contributed by atoms with E-state index in [-0.39, 0.29) is 22.8 Å². The Bertz CT molecular complexity index is 955. The Morgan fingerprint density at radius 1 is 1.00 bits per heavy atom. The molecule has 0 spiro atoms. The van der Waals surface area contributed by atoms with E-state index in [4.69, 9.17) is 0 Å². The van der Waals surface area contributed by atoms with Crippen molar-refractivity contribution < 1.29 is 35.9 Å². The summed E-state index contributed by atoms with van der Waals surface area (Å²) in [6, 6.07) is 5.03. The van der Waals surface area contributed by atoms with Crippen LogP contribution in [0.15, 0.2) is 41.3 Å². The van der Waals surface area contributed by atoms with Crippen molar-refractivity contribution in [2.75, 3.05) is 10.6 Å². The van der Waals surface area contributed by atoms with Crippen molar-refractivity contribution in [3.8, 4) is 0 Å². The van der Waals surface area contributed by atoms with Gasteiger partial charge in [-0.15, -0.1) is 11.8 Å². The van der Waals surface area contributed by atoms with E-state index in [9.17, 15) is 35.9 Å². The van der Waals surface area contributed by atoms with E-state index in [2.05, 4.69) is 10.6 Å². The molecule has 1 heterocycles. The summed E-state index contributed by atoms with van der Waals surface area (Å²) in [5, 5.41) is 4.30. The fraction of sp³-hybridized carbons (Fsp3) is 0.222. The second-order valence-electron chi connectivity index (χ2n) is 6.21. The summed E-state index contributed by atoms with van der Waals surface area (Å²) in [7, 11) is 0. The van der Waals surface area contributed by atoms with E-state index in [1.54, 1.807) is 6.92 Å². The molecule has 1 aliphatic rings. The number of hydrogen-bond acceptors (Lipinski definition) is 3. The van der Waals surface area contributed by atoms with Crippen LogP contribution in [0.25, 0.3) is 0 Å². The molecule has 29 heavy (non-hydrogen) atoms. The van der Waals surface area contributed by atoms with Crippen LogP contribution in [-0.4, -0.2) is 17.1 Å². The second kappa shape index (κ2) is 7.29. The minimum Gasteiger partial charge on any atom is -0.324 e. The molecule has 2 amide bonds. The zero-order valence-corrected chi connectivity index (χ0v) is 15.4. The summed E-state index contributed by atoms with van der Waals surface area (Å²) in [5.74, 6) is -1.20. The molecule has 1 aliphatic heterocycles. The van der Waals surface area contributed by atoms with Crippen LogP contribution in [0.1, 0.15) is 28.4 Å². The molecule has 0 aromatic heterocycles. The first-order valence-electron chi connectivity index (χ1n) is 8.07. The van der Waals surface area contributed by atoms with Crippen LogP contribution in [0.2, 0.25) is 0 Å². The maximum Gasteiger partial charge on any atom is 0.416 e. The lowest BCUT2D eigenvalue weighted by molar-refractivity contribution is -0.143. The molecular formula is C18H12F6N2O2S. The number of carbonyl (C=O) groups is 2. The van der Waals surface area contributed by atoms with Crippen LogP contribution in [0, 0.1) is 0 Å². The molecule has 0 unspecified atom stereocenters. The smallest absolute Gasteiger partial charge is 0.324 e. The van der Waals surface area contributed by atoms with Crippen molar-refractivity contribution in [3.05, 3.63) is 53.1 Å². The Hall–Kier alpha value is -2.69. The highest BCUT2D eigenvalue weighted by Gasteiger charge is 2.37. The molecule has 0 aliphatic carbocycles. The van der Waals surface area contributed by atoms with E-state index < -0.39 is 35.1 Å². The minimum atomic E-state index is -5.02. The minimum absolute atomic E-state index is 0.0253. The zero-order chi connectivity index (χ0) is 21.6. The molecular weight excluding hydrogens is 422 g/mol. The molecule has 1 atom stereocenters. The first-order valence-corrected chi connectivity index (χ1v) is 8.95. The number of fused-ring (bicyclic) bond motifs is 1. The number of benzene rings is 2. The van der Waals surface area contributed by atoms with Gasteiger partial charge in [-0.1, -0.05) is 0 Å². The molecule has 2 aromatic rings. The monoisotopic (exact) mass is 434 g/mol. The Kier molecular flexibility index (Phi) is 5.28. The first kappa shape index (κ1) is 21.0. The number of hydrogen-bond donors (Lipinski definition) is 2. The summed E-state index contributed by atoms with van der Waals surface area (Å²) in [5.41, 5.74) is -3.42. The fourth-order valence-corrected chi connectivity index (χ4v) is 3.51. The fourth-order valence-electron chi connectivity index (χ4n) is 2.58. The number of rotatable bonds is 2. The highest BCUT2D eigenvalue weighted by atomic mass is 32.2. The van der Waals surface area contributed by atoms with E-state index in [0.29, 0.717) is 22.7 Å². The van der Waals surface area contributed by atoms with Gasteiger partial charge in [0.15, 0.2) is 0 Å². The lowest BCUT2D eigenvalue weighted by Gasteiger charge is -2.21. The van der Waals surface area contributed by atoms with Crippen molar-refractivity contribution in [1.82, 2.24) is 0 Å². The number of nitrogens with one attached hydrogen (secondary N) is 2. The van der Waals surface area contributed by atoms with Crippen LogP contribution in [0.5, 0.6) is 0 Å². The number of halogens is 6. The third kappa shape index (κ3) is 4.66. The van der Waals surface area contributed by atoms with Gasteiger partial charge in [0.2, 0.25) is 5.91 Å². The zero-order valence-electron chi connectivity index (χ0n) is 14.5. The molecule has 0 saturated carbocycles. The standard InChI is InChI=1S/C18H12F6N2O2S/c1-8-15(27)26-13-4-9(2-3-14(13)29-8)16(28)25-12-6-10(17(19,20)21)5-11(7-12)18(22,23)24/h2-8H,1H3,(H,25,28)(H,26,27)/t8-/m0/s1. The molecule has 0 saturated heterocycles. The number of anilines is 2. The molecule has 0 radical (unpaired) electrons. The van der Waals surface area contributed by atoms with Crippen LogP contribution < -0.4 is 10.6 Å². The maximum absolute atomic E-state index is 12.9. The van der Waals surface area contributed by atoms with E-state index >= 15 is 0 Å². The predicted octanol–water partition coefficient (Wildman–Crippen LogP) is 5.41. The van der Waals surface area contributed by atoms with Crippen LogP contribution >= 0.6 is 11.8 Å². The Balaban J connectivity index is 1.91. The average molecular weight is 434 g/mol. The second-order valence-corrected chi connectivity index (χ2v) is 7.59. The lowest BCUT2D eigenvalue weighted by Crippen LogP contribution is -2.26. The SMILES string of the molecule is C[C@@H]1Sc2ccc(C(=O)Nc3cc(C(F)(F)F)cc(C(F)(F)F)c3)cc2NC1=O. The van der Waals surface area contributed by atoms with E-state index in [1.807, 2.05) is 0 Å². The molecule has 0 fully saturated rings. The summed E-state index contributed by atoms with van der Waals surface area (Å²) in [6.45, 7) is 1.69. The van der Waals surface area contributed by atoms with Gasteiger partial charge >= 0.3 is 12.4 Å². The van der Waals surface area contributed by atoms with Gasteiger partial charge in [0.05, 0.1) is 22.1 Å². The quantitative estimate of drug-likeness (QED) is 0.622. The molecule has 2 aromatic carbocycles. The van der Waals surface area contributed by atoms with E-state index in [1.165, 1.54) is 30.0 Å². The van der Waals surface area contributed by atoms with Crippen molar-refractivity contribution in [2.45, 2.75) is 29.4 Å². The summed E-state index contributed by atoms with van der Waals surface area (Å²) in [4.78, 5) is 24.8. The van der Waals surface area contributed by atoms with Crippen molar-refractivity contribution in [3.63, 3.8) is 0 Å². The molecule has 3 rings (SSSR count). The van der Waals surface area contributed by atoms with Gasteiger partial charge in [-0.05, 0) is 43.3 Å². The lowest BCUT2D eigenvalue weighted by atomic mass is 10.1. The van der Waals surface area contributed by atoms with Crippen LogP contribution in [0.3, 0.4) is 0 Å². The molecule has 0 bridgehead atoms. The Labute approximate surface area is 164 Å². The van der Waals surface area contributed by atoms with Gasteiger partial charge < -0.3 is 10.6 Å². The van der Waals surface area contributed by atoms with Crippen molar-refractivity contribution in [2.24, 2.45) is 0 Å². The van der Waals surface area contributed by atoms with Gasteiger partial charge in [-0.2, -0.15) is 26.3 Å². The Morgan fingerprint density at radius 3 is 2.14 bits per heavy atom. The first-order chi connectivity index (χ1) is 13.3. The molecule has 11 heteroatoms. The summed E-state index contributed by atoms with van der Waals surface area (Å²) >= 11 is 1.26. The normalized spacial score (nSPS) is 16.8. The van der Waals surface area contributed by atoms with Gasteiger partial charge in [0.25, 0.3) is 5.91 Å². The Morgan fingerprint density at radius 2 is 1.59 bits per heavy atom. The topological polar surface area (TPSA) is 58.2 Å². The van der Waals surface area contributed by atoms with Crippen molar-refractivity contribution >= 4 is 35.0 Å². The number of thioether (sulfide) groups is 1. The number of amides is 2. The predicted molar refractivity (Wildman–Crippen MR) is 94.8 cm³/mol. The molecule has 4 nitrogen and oxygen atoms in total. The van der Waals surface area contributed by atoms with Crippen LogP contribution in [0.4, 0.5) is 37.7 Å². The van der Waals surface area contributed by atoms with Gasteiger partial charge in [0, 0.05) is 16.1 Å². The molecule has 154 valence electrons. The number of carbonyl (C=O) groups excluding carboxylic acids is 2. The van der Waals surface area contributed by atoms with Gasteiger partial charge in [0.1, 0.15) is 0 Å². The highest BCUT2D eigenvalue weighted by molar-refractivity contribution is 8.00. The van der Waals surface area contributed by atoms with Crippen LogP contribution in [-0.2, 0) is 17.1 Å². The van der Waals surface area contributed by atoms with Gasteiger partial charge in [-0.25, -0.2) is 0 Å². The van der Waals surface area contributed by atoms with Crippen molar-refractivity contribution in [1.29, 1.82) is 0 Å². The van der Waals surface area contributed by atoms with E-state index in [0.717, 1.165) is 0 Å². The third-order valence-corrected chi connectivity index (χ3v) is 5.20.